The lowest BCUT2D eigenvalue weighted by atomic mass is 9.71. The van der Waals surface area contributed by atoms with Crippen molar-refractivity contribution in [1.29, 1.82) is 0 Å². The highest BCUT2D eigenvalue weighted by molar-refractivity contribution is 5.91. The maximum Gasteiger partial charge on any atom is 0.147 e. The van der Waals surface area contributed by atoms with Crippen molar-refractivity contribution in [2.45, 2.75) is 38.5 Å². The van der Waals surface area contributed by atoms with Gasteiger partial charge in [-0.2, -0.15) is 0 Å². The van der Waals surface area contributed by atoms with Crippen molar-refractivity contribution in [3.05, 3.63) is 66.0 Å². The normalized spacial score (nSPS) is 11.3. The molecule has 0 aliphatic heterocycles. The summed E-state index contributed by atoms with van der Waals surface area (Å²) in [7, 11) is 0. The van der Waals surface area contributed by atoms with Crippen LogP contribution in [0.3, 0.4) is 0 Å². The zero-order valence-electron chi connectivity index (χ0n) is 12.2. The Morgan fingerprint density at radius 1 is 1.05 bits per heavy atom. The lowest BCUT2D eigenvalue weighted by Gasteiger charge is -2.31. The Kier molecular flexibility index (Phi) is 4.67. The Hall–Kier alpha value is -1.96. The van der Waals surface area contributed by atoms with E-state index in [1.807, 2.05) is 30.3 Å². The van der Waals surface area contributed by atoms with E-state index in [9.17, 15) is 4.79 Å². The van der Waals surface area contributed by atoms with Crippen molar-refractivity contribution < 1.29 is 4.79 Å². The summed E-state index contributed by atoms with van der Waals surface area (Å²) in [5.41, 5.74) is 1.73. The maximum absolute atomic E-state index is 12.9. The molecule has 0 spiro atoms. The summed E-state index contributed by atoms with van der Waals surface area (Å²) < 4.78 is 0. The van der Waals surface area contributed by atoms with E-state index in [1.54, 1.807) is 12.4 Å². The largest absolute Gasteiger partial charge is 0.298 e. The summed E-state index contributed by atoms with van der Waals surface area (Å²) in [5.74, 6) is 0.279. The summed E-state index contributed by atoms with van der Waals surface area (Å²) in [4.78, 5) is 17.0. The molecule has 0 N–H and O–H groups in total. The zero-order valence-corrected chi connectivity index (χ0v) is 12.2. The highest BCUT2D eigenvalue weighted by Crippen LogP contribution is 2.33. The van der Waals surface area contributed by atoms with Gasteiger partial charge in [-0.05, 0) is 30.0 Å². The fourth-order valence-electron chi connectivity index (χ4n) is 2.83. The minimum Gasteiger partial charge on any atom is -0.298 e. The molecule has 0 unspecified atom stereocenters. The van der Waals surface area contributed by atoms with E-state index in [0.29, 0.717) is 6.42 Å². The molecular weight excluding hydrogens is 246 g/mol. The molecule has 1 aromatic carbocycles. The maximum atomic E-state index is 12.9. The van der Waals surface area contributed by atoms with Crippen molar-refractivity contribution in [2.24, 2.45) is 0 Å². The number of aromatic nitrogens is 1. The second-order valence-electron chi connectivity index (χ2n) is 5.12. The predicted molar refractivity (Wildman–Crippen MR) is 81.7 cm³/mol. The molecule has 0 saturated carbocycles. The van der Waals surface area contributed by atoms with Gasteiger partial charge in [0.25, 0.3) is 0 Å². The van der Waals surface area contributed by atoms with Gasteiger partial charge in [-0.3, -0.25) is 9.78 Å². The molecule has 0 aliphatic rings. The number of Topliss-reactive ketones (excluding diaryl/α,β-unsaturated/α-hetero) is 1. The first-order valence-electron chi connectivity index (χ1n) is 7.20. The third kappa shape index (κ3) is 2.79. The third-order valence-electron chi connectivity index (χ3n) is 4.15. The van der Waals surface area contributed by atoms with Gasteiger partial charge >= 0.3 is 0 Å². The van der Waals surface area contributed by atoms with Crippen LogP contribution in [-0.4, -0.2) is 10.8 Å². The highest BCUT2D eigenvalue weighted by Gasteiger charge is 2.35. The zero-order chi connectivity index (χ0) is 14.4. The van der Waals surface area contributed by atoms with E-state index in [4.69, 9.17) is 0 Å². The van der Waals surface area contributed by atoms with Gasteiger partial charge < -0.3 is 0 Å². The minimum absolute atomic E-state index is 0.279. The number of pyridine rings is 1. The number of rotatable bonds is 6. The number of hydrogen-bond acceptors (Lipinski definition) is 2. The Labute approximate surface area is 120 Å². The van der Waals surface area contributed by atoms with Crippen LogP contribution in [-0.2, 0) is 16.6 Å². The Bertz CT molecular complexity index is 544. The Morgan fingerprint density at radius 2 is 1.75 bits per heavy atom. The van der Waals surface area contributed by atoms with Crippen molar-refractivity contribution in [1.82, 2.24) is 4.98 Å². The lowest BCUT2D eigenvalue weighted by molar-refractivity contribution is -0.124. The van der Waals surface area contributed by atoms with Gasteiger partial charge in [0.2, 0.25) is 0 Å². The van der Waals surface area contributed by atoms with E-state index in [0.717, 1.165) is 24.0 Å². The molecule has 0 aliphatic carbocycles. The second kappa shape index (κ2) is 6.47. The summed E-state index contributed by atoms with van der Waals surface area (Å²) in [5, 5.41) is 0. The number of hydrogen-bond donors (Lipinski definition) is 0. The van der Waals surface area contributed by atoms with Gasteiger partial charge in [-0.25, -0.2) is 0 Å². The van der Waals surface area contributed by atoms with Crippen LogP contribution in [0, 0.1) is 0 Å². The standard InChI is InChI=1S/C18H21NO/c1-3-18(4-2,16-10-6-5-7-11-16)17(20)13-15-9-8-12-19-14-15/h5-12,14H,3-4,13H2,1-2H3. The van der Waals surface area contributed by atoms with Crippen LogP contribution in [0.15, 0.2) is 54.9 Å². The lowest BCUT2D eigenvalue weighted by Crippen LogP contribution is -2.36. The molecule has 1 aromatic heterocycles. The molecule has 1 heterocycles. The molecule has 0 amide bonds. The SMILES string of the molecule is CCC(CC)(C(=O)Cc1cccnc1)c1ccccc1. The molecular formula is C18H21NO. The van der Waals surface area contributed by atoms with Crippen LogP contribution in [0.25, 0.3) is 0 Å². The van der Waals surface area contributed by atoms with Gasteiger partial charge in [0, 0.05) is 18.8 Å². The van der Waals surface area contributed by atoms with E-state index in [1.165, 1.54) is 0 Å². The molecule has 104 valence electrons. The van der Waals surface area contributed by atoms with Crippen molar-refractivity contribution >= 4 is 5.78 Å². The fraction of sp³-hybridized carbons (Fsp3) is 0.333. The van der Waals surface area contributed by atoms with Crippen LogP contribution < -0.4 is 0 Å². The molecule has 2 nitrogen and oxygen atoms in total. The number of carbonyl (C=O) groups excluding carboxylic acids is 1. The number of ketones is 1. The van der Waals surface area contributed by atoms with Crippen LogP contribution >= 0.6 is 0 Å². The summed E-state index contributed by atoms with van der Waals surface area (Å²) >= 11 is 0. The topological polar surface area (TPSA) is 30.0 Å². The third-order valence-corrected chi connectivity index (χ3v) is 4.15. The first-order chi connectivity index (χ1) is 9.73. The van der Waals surface area contributed by atoms with E-state index in [-0.39, 0.29) is 11.2 Å². The fourth-order valence-corrected chi connectivity index (χ4v) is 2.83. The molecule has 0 atom stereocenters. The molecule has 2 rings (SSSR count). The van der Waals surface area contributed by atoms with Crippen molar-refractivity contribution in [3.63, 3.8) is 0 Å². The Morgan fingerprint density at radius 3 is 2.30 bits per heavy atom. The van der Waals surface area contributed by atoms with Gasteiger partial charge in [0.15, 0.2) is 0 Å². The average molecular weight is 267 g/mol. The Balaban J connectivity index is 2.31. The molecule has 0 bridgehead atoms. The summed E-state index contributed by atoms with van der Waals surface area (Å²) in [6.07, 6.45) is 5.61. The summed E-state index contributed by atoms with van der Waals surface area (Å²) in [6, 6.07) is 14.0. The molecule has 20 heavy (non-hydrogen) atoms. The van der Waals surface area contributed by atoms with Gasteiger partial charge in [0.05, 0.1) is 5.41 Å². The number of carbonyl (C=O) groups is 1. The van der Waals surface area contributed by atoms with Gasteiger partial charge in [0.1, 0.15) is 5.78 Å². The molecule has 2 aromatic rings. The van der Waals surface area contributed by atoms with Crippen LogP contribution in [0.2, 0.25) is 0 Å². The van der Waals surface area contributed by atoms with Crippen molar-refractivity contribution in [3.8, 4) is 0 Å². The predicted octanol–water partition coefficient (Wildman–Crippen LogP) is 3.95. The van der Waals surface area contributed by atoms with E-state index >= 15 is 0 Å². The van der Waals surface area contributed by atoms with Gasteiger partial charge in [-0.1, -0.05) is 50.2 Å². The van der Waals surface area contributed by atoms with Gasteiger partial charge in [-0.15, -0.1) is 0 Å². The molecule has 0 saturated heterocycles. The molecule has 2 heteroatoms. The second-order valence-corrected chi connectivity index (χ2v) is 5.12. The molecule has 0 fully saturated rings. The van der Waals surface area contributed by atoms with Crippen LogP contribution in [0.4, 0.5) is 0 Å². The van der Waals surface area contributed by atoms with Crippen LogP contribution in [0.1, 0.15) is 37.8 Å². The summed E-state index contributed by atoms with van der Waals surface area (Å²) in [6.45, 7) is 4.19. The van der Waals surface area contributed by atoms with Crippen LogP contribution in [0.5, 0.6) is 0 Å². The highest BCUT2D eigenvalue weighted by atomic mass is 16.1. The van der Waals surface area contributed by atoms with Crippen molar-refractivity contribution in [2.75, 3.05) is 0 Å². The van der Waals surface area contributed by atoms with E-state index < -0.39 is 0 Å². The quantitative estimate of drug-likeness (QED) is 0.793. The monoisotopic (exact) mass is 267 g/mol. The number of nitrogens with zero attached hydrogens (tertiary/aromatic N) is 1. The van der Waals surface area contributed by atoms with E-state index in [2.05, 4.69) is 31.0 Å². The average Bonchev–Trinajstić information content (AvgIpc) is 2.51. The molecule has 0 radical (unpaired) electrons. The number of benzene rings is 1. The smallest absolute Gasteiger partial charge is 0.147 e. The first kappa shape index (κ1) is 14.4. The first-order valence-corrected chi connectivity index (χ1v) is 7.20. The minimum atomic E-state index is -0.378.